The fourth-order valence-electron chi connectivity index (χ4n) is 2.90. The predicted octanol–water partition coefficient (Wildman–Crippen LogP) is 5.07. The van der Waals surface area contributed by atoms with Crippen LogP contribution in [-0.2, 0) is 0 Å². The number of rotatable bonds is 5. The van der Waals surface area contributed by atoms with E-state index >= 15 is 0 Å². The predicted molar refractivity (Wildman–Crippen MR) is 86.7 cm³/mol. The lowest BCUT2D eigenvalue weighted by molar-refractivity contribution is 0.0973. The van der Waals surface area contributed by atoms with E-state index in [1.165, 1.54) is 12.1 Å². The molecule has 0 aliphatic heterocycles. The summed E-state index contributed by atoms with van der Waals surface area (Å²) in [6.07, 6.45) is 3.23. The first-order chi connectivity index (χ1) is 10.7. The van der Waals surface area contributed by atoms with Crippen LogP contribution < -0.4 is 0 Å². The lowest BCUT2D eigenvalue weighted by atomic mass is 9.89. The summed E-state index contributed by atoms with van der Waals surface area (Å²) in [5.41, 5.74) is 2.61. The van der Waals surface area contributed by atoms with Crippen molar-refractivity contribution in [3.63, 3.8) is 0 Å². The molecule has 3 aromatic rings. The molecule has 1 heterocycles. The normalized spacial score (nSPS) is 12.5. The van der Waals surface area contributed by atoms with Gasteiger partial charge in [0.05, 0.1) is 0 Å². The van der Waals surface area contributed by atoms with Crippen molar-refractivity contribution in [2.45, 2.75) is 25.7 Å². The maximum atomic E-state index is 13.3. The van der Waals surface area contributed by atoms with E-state index in [0.717, 1.165) is 28.5 Å². The zero-order chi connectivity index (χ0) is 15.5. The Morgan fingerprint density at radius 3 is 2.68 bits per heavy atom. The van der Waals surface area contributed by atoms with Crippen molar-refractivity contribution in [1.29, 1.82) is 0 Å². The first-order valence-corrected chi connectivity index (χ1v) is 7.54. The third-order valence-electron chi connectivity index (χ3n) is 4.14. The SMILES string of the molecule is CC[C@@H](CC(=O)c1ccccc1)c1c[nH]c2cc(F)ccc12. The lowest BCUT2D eigenvalue weighted by Crippen LogP contribution is -2.06. The topological polar surface area (TPSA) is 32.9 Å². The smallest absolute Gasteiger partial charge is 0.163 e. The number of carbonyl (C=O) groups excluding carboxylic acids is 1. The molecule has 0 unspecified atom stereocenters. The Labute approximate surface area is 129 Å². The summed E-state index contributed by atoms with van der Waals surface area (Å²) in [5, 5.41) is 0.995. The number of H-pyrrole nitrogens is 1. The van der Waals surface area contributed by atoms with E-state index in [2.05, 4.69) is 11.9 Å². The minimum Gasteiger partial charge on any atom is -0.361 e. The standard InChI is InChI=1S/C19H18FNO/c1-2-13(10-19(22)14-6-4-3-5-7-14)17-12-21-18-11-15(20)8-9-16(17)18/h3-9,11-13,21H,2,10H2,1H3/t13-/m0/s1. The summed E-state index contributed by atoms with van der Waals surface area (Å²) < 4.78 is 13.3. The second-order valence-electron chi connectivity index (χ2n) is 5.53. The monoisotopic (exact) mass is 295 g/mol. The highest BCUT2D eigenvalue weighted by atomic mass is 19.1. The van der Waals surface area contributed by atoms with Crippen LogP contribution in [0.5, 0.6) is 0 Å². The average molecular weight is 295 g/mol. The van der Waals surface area contributed by atoms with Gasteiger partial charge in [-0.3, -0.25) is 4.79 Å². The number of benzene rings is 2. The number of fused-ring (bicyclic) bond motifs is 1. The molecule has 1 aromatic heterocycles. The minimum atomic E-state index is -0.255. The molecule has 0 aliphatic carbocycles. The van der Waals surface area contributed by atoms with Gasteiger partial charge in [-0.05, 0) is 36.1 Å². The van der Waals surface area contributed by atoms with Gasteiger partial charge in [0.15, 0.2) is 5.78 Å². The van der Waals surface area contributed by atoms with Crippen molar-refractivity contribution in [1.82, 2.24) is 4.98 Å². The van der Waals surface area contributed by atoms with E-state index in [0.29, 0.717) is 6.42 Å². The summed E-state index contributed by atoms with van der Waals surface area (Å²) in [4.78, 5) is 15.5. The largest absolute Gasteiger partial charge is 0.361 e. The van der Waals surface area contributed by atoms with Crippen LogP contribution in [0.1, 0.15) is 41.6 Å². The second kappa shape index (κ2) is 6.14. The van der Waals surface area contributed by atoms with Crippen LogP contribution in [0.15, 0.2) is 54.7 Å². The summed E-state index contributed by atoms with van der Waals surface area (Å²) in [5.74, 6) is 0.0186. The van der Waals surface area contributed by atoms with E-state index in [1.807, 2.05) is 36.5 Å². The number of nitrogens with one attached hydrogen (secondary N) is 1. The Morgan fingerprint density at radius 1 is 1.18 bits per heavy atom. The van der Waals surface area contributed by atoms with Crippen LogP contribution in [0.25, 0.3) is 10.9 Å². The molecule has 112 valence electrons. The molecule has 0 saturated heterocycles. The maximum Gasteiger partial charge on any atom is 0.163 e. The Morgan fingerprint density at radius 2 is 1.95 bits per heavy atom. The van der Waals surface area contributed by atoms with Crippen LogP contribution in [0.2, 0.25) is 0 Å². The Hall–Kier alpha value is -2.42. The van der Waals surface area contributed by atoms with Gasteiger partial charge in [-0.2, -0.15) is 0 Å². The zero-order valence-corrected chi connectivity index (χ0v) is 12.5. The van der Waals surface area contributed by atoms with Crippen LogP contribution >= 0.6 is 0 Å². The molecule has 2 aromatic carbocycles. The van der Waals surface area contributed by atoms with Gasteiger partial charge in [0, 0.05) is 29.1 Å². The molecule has 0 bridgehead atoms. The summed E-state index contributed by atoms with van der Waals surface area (Å²) in [6.45, 7) is 2.07. The van der Waals surface area contributed by atoms with E-state index in [9.17, 15) is 9.18 Å². The van der Waals surface area contributed by atoms with Crippen LogP contribution in [0, 0.1) is 5.82 Å². The molecular formula is C19H18FNO. The number of carbonyl (C=O) groups is 1. The molecule has 22 heavy (non-hydrogen) atoms. The molecule has 3 rings (SSSR count). The van der Waals surface area contributed by atoms with Gasteiger partial charge >= 0.3 is 0 Å². The first kappa shape index (κ1) is 14.5. The summed E-state index contributed by atoms with van der Waals surface area (Å²) >= 11 is 0. The van der Waals surface area contributed by atoms with Gasteiger partial charge in [0.25, 0.3) is 0 Å². The molecule has 1 atom stereocenters. The second-order valence-corrected chi connectivity index (χ2v) is 5.53. The zero-order valence-electron chi connectivity index (χ0n) is 12.5. The molecule has 1 N–H and O–H groups in total. The van der Waals surface area contributed by atoms with Crippen LogP contribution in [-0.4, -0.2) is 10.8 Å². The van der Waals surface area contributed by atoms with Gasteiger partial charge in [-0.1, -0.05) is 37.3 Å². The molecule has 3 heteroatoms. The number of ketones is 1. The molecule has 0 radical (unpaired) electrons. The van der Waals surface area contributed by atoms with Gasteiger partial charge < -0.3 is 4.98 Å². The maximum absolute atomic E-state index is 13.3. The van der Waals surface area contributed by atoms with Crippen molar-refractivity contribution in [2.75, 3.05) is 0 Å². The number of hydrogen-bond acceptors (Lipinski definition) is 1. The van der Waals surface area contributed by atoms with Gasteiger partial charge in [0.1, 0.15) is 5.82 Å². The Kier molecular flexibility index (Phi) is 4.05. The van der Waals surface area contributed by atoms with Crippen LogP contribution in [0.3, 0.4) is 0 Å². The number of halogens is 1. The first-order valence-electron chi connectivity index (χ1n) is 7.54. The molecule has 0 saturated carbocycles. The Balaban J connectivity index is 1.88. The highest BCUT2D eigenvalue weighted by Gasteiger charge is 2.18. The molecular weight excluding hydrogens is 277 g/mol. The molecule has 0 amide bonds. The third-order valence-corrected chi connectivity index (χ3v) is 4.14. The fourth-order valence-corrected chi connectivity index (χ4v) is 2.90. The van der Waals surface area contributed by atoms with Gasteiger partial charge in [0.2, 0.25) is 0 Å². The lowest BCUT2D eigenvalue weighted by Gasteiger charge is -2.13. The number of hydrogen-bond donors (Lipinski definition) is 1. The highest BCUT2D eigenvalue weighted by molar-refractivity contribution is 5.97. The molecule has 2 nitrogen and oxygen atoms in total. The van der Waals surface area contributed by atoms with E-state index in [4.69, 9.17) is 0 Å². The average Bonchev–Trinajstić information content (AvgIpc) is 2.96. The quantitative estimate of drug-likeness (QED) is 0.655. The number of Topliss-reactive ketones (excluding diaryl/α,β-unsaturated/α-hetero) is 1. The van der Waals surface area contributed by atoms with Gasteiger partial charge in [-0.25, -0.2) is 4.39 Å². The fraction of sp³-hybridized carbons (Fsp3) is 0.211. The number of aromatic nitrogens is 1. The van der Waals surface area contributed by atoms with E-state index in [-0.39, 0.29) is 17.5 Å². The van der Waals surface area contributed by atoms with Crippen molar-refractivity contribution in [3.8, 4) is 0 Å². The van der Waals surface area contributed by atoms with Crippen molar-refractivity contribution in [3.05, 3.63) is 71.7 Å². The van der Waals surface area contributed by atoms with Crippen molar-refractivity contribution in [2.24, 2.45) is 0 Å². The third kappa shape index (κ3) is 2.80. The van der Waals surface area contributed by atoms with Crippen molar-refractivity contribution >= 4 is 16.7 Å². The highest BCUT2D eigenvalue weighted by Crippen LogP contribution is 2.31. The summed E-state index contributed by atoms with van der Waals surface area (Å²) in [7, 11) is 0. The Bertz CT molecular complexity index is 792. The molecule has 0 fully saturated rings. The van der Waals surface area contributed by atoms with E-state index < -0.39 is 0 Å². The number of aromatic amines is 1. The van der Waals surface area contributed by atoms with Crippen molar-refractivity contribution < 1.29 is 9.18 Å². The van der Waals surface area contributed by atoms with E-state index in [1.54, 1.807) is 6.07 Å². The summed E-state index contributed by atoms with van der Waals surface area (Å²) in [6, 6.07) is 14.1. The van der Waals surface area contributed by atoms with Gasteiger partial charge in [-0.15, -0.1) is 0 Å². The van der Waals surface area contributed by atoms with Crippen LogP contribution in [0.4, 0.5) is 4.39 Å². The molecule has 0 spiro atoms. The minimum absolute atomic E-state index is 0.131. The molecule has 0 aliphatic rings.